The molecule has 2 aliphatic rings. The van der Waals surface area contributed by atoms with Gasteiger partial charge in [-0.25, -0.2) is 15.0 Å². The molecule has 8 nitrogen and oxygen atoms in total. The van der Waals surface area contributed by atoms with Gasteiger partial charge < -0.3 is 10.5 Å². The molecule has 2 N–H and O–H groups in total. The maximum absolute atomic E-state index is 13.0. The summed E-state index contributed by atoms with van der Waals surface area (Å²) in [6, 6.07) is 7.52. The van der Waals surface area contributed by atoms with Gasteiger partial charge in [-0.15, -0.1) is 11.3 Å². The van der Waals surface area contributed by atoms with Crippen molar-refractivity contribution in [3.8, 4) is 0 Å². The highest BCUT2D eigenvalue weighted by Crippen LogP contribution is 2.37. The molecule has 6 rings (SSSR count). The van der Waals surface area contributed by atoms with E-state index in [0.717, 1.165) is 42.3 Å². The lowest BCUT2D eigenvalue weighted by molar-refractivity contribution is -0.145. The van der Waals surface area contributed by atoms with Crippen molar-refractivity contribution in [1.29, 1.82) is 0 Å². The zero-order valence-electron chi connectivity index (χ0n) is 19.5. The molecule has 0 spiro atoms. The monoisotopic (exact) mass is 489 g/mol. The molecule has 1 aromatic carbocycles. The van der Waals surface area contributed by atoms with Crippen molar-refractivity contribution in [3.05, 3.63) is 56.7 Å². The van der Waals surface area contributed by atoms with E-state index in [4.69, 9.17) is 10.5 Å². The number of thiophene rings is 1. The summed E-state index contributed by atoms with van der Waals surface area (Å²) < 4.78 is 7.24. The Labute approximate surface area is 206 Å². The Morgan fingerprint density at radius 3 is 2.80 bits per heavy atom. The van der Waals surface area contributed by atoms with Crippen LogP contribution in [0.3, 0.4) is 0 Å². The fraction of sp³-hybridized carbons (Fsp3) is 0.423. The van der Waals surface area contributed by atoms with Gasteiger partial charge in [-0.05, 0) is 56.2 Å². The van der Waals surface area contributed by atoms with Crippen LogP contribution in [0.15, 0.2) is 29.1 Å². The third-order valence-electron chi connectivity index (χ3n) is 6.85. The van der Waals surface area contributed by atoms with Crippen molar-refractivity contribution in [2.45, 2.75) is 70.4 Å². The van der Waals surface area contributed by atoms with Crippen molar-refractivity contribution in [2.24, 2.45) is 0 Å². The molecule has 0 atom stereocenters. The molecule has 0 bridgehead atoms. The maximum Gasteiger partial charge on any atom is 0.306 e. The minimum atomic E-state index is -0.376. The summed E-state index contributed by atoms with van der Waals surface area (Å²) in [5.74, 6) is 1.14. The topological polar surface area (TPSA) is 113 Å². The first kappa shape index (κ1) is 22.2. The van der Waals surface area contributed by atoms with Gasteiger partial charge in [-0.2, -0.15) is 0 Å². The van der Waals surface area contributed by atoms with E-state index in [0.29, 0.717) is 34.8 Å². The van der Waals surface area contributed by atoms with Crippen LogP contribution in [-0.4, -0.2) is 25.5 Å². The first-order valence-corrected chi connectivity index (χ1v) is 13.1. The summed E-state index contributed by atoms with van der Waals surface area (Å²) in [6.07, 6.45) is 8.08. The largest absolute Gasteiger partial charge is 0.457 e. The average molecular weight is 490 g/mol. The van der Waals surface area contributed by atoms with Gasteiger partial charge in [0.2, 0.25) is 0 Å². The van der Waals surface area contributed by atoms with Crippen LogP contribution in [0.1, 0.15) is 66.7 Å². The normalized spacial score (nSPS) is 15.8. The number of anilines is 1. The van der Waals surface area contributed by atoms with Crippen LogP contribution in [-0.2, 0) is 35.4 Å². The Morgan fingerprint density at radius 1 is 1.11 bits per heavy atom. The molecule has 1 fully saturated rings. The van der Waals surface area contributed by atoms with Crippen molar-refractivity contribution in [1.82, 2.24) is 19.5 Å². The Bertz CT molecular complexity index is 1500. The summed E-state index contributed by atoms with van der Waals surface area (Å²) in [5.41, 5.74) is 8.22. The molecular formula is C26H27N5O3S. The minimum Gasteiger partial charge on any atom is -0.457 e. The van der Waals surface area contributed by atoms with Gasteiger partial charge >= 0.3 is 5.97 Å². The van der Waals surface area contributed by atoms with Gasteiger partial charge in [0, 0.05) is 17.3 Å². The van der Waals surface area contributed by atoms with Crippen molar-refractivity contribution < 1.29 is 9.53 Å². The Morgan fingerprint density at radius 2 is 1.94 bits per heavy atom. The molecule has 0 amide bonds. The van der Waals surface area contributed by atoms with Crippen LogP contribution >= 0.6 is 11.3 Å². The number of para-hydroxylation sites is 1. The van der Waals surface area contributed by atoms with Crippen LogP contribution in [0.2, 0.25) is 0 Å². The molecule has 0 radical (unpaired) electrons. The van der Waals surface area contributed by atoms with E-state index in [9.17, 15) is 9.59 Å². The standard InChI is InChI=1S/C26H27N5O3S/c27-24-23-17-7-2-1-3-9-19(17)35-25(23)30-20(29-24)14-34-22(32)13-12-21-28-18-8-5-4-6-16(18)26(33)31(21)15-10-11-15/h4-6,8,15H,1-3,7,9-14H2,(H2,27,29,30). The van der Waals surface area contributed by atoms with Gasteiger partial charge in [-0.3, -0.25) is 14.2 Å². The van der Waals surface area contributed by atoms with Crippen molar-refractivity contribution >= 4 is 44.2 Å². The number of benzene rings is 1. The number of carbonyl (C=O) groups excluding carboxylic acids is 1. The molecule has 0 unspecified atom stereocenters. The second-order valence-electron chi connectivity index (χ2n) is 9.38. The van der Waals surface area contributed by atoms with Crippen LogP contribution in [0, 0.1) is 0 Å². The lowest BCUT2D eigenvalue weighted by atomic mass is 10.1. The van der Waals surface area contributed by atoms with Gasteiger partial charge in [0.05, 0.1) is 22.7 Å². The fourth-order valence-corrected chi connectivity index (χ4v) is 6.27. The highest BCUT2D eigenvalue weighted by molar-refractivity contribution is 7.19. The number of hydrogen-bond donors (Lipinski definition) is 1. The summed E-state index contributed by atoms with van der Waals surface area (Å²) >= 11 is 1.68. The number of rotatable bonds is 6. The number of nitrogen functional groups attached to an aromatic ring is 1. The van der Waals surface area contributed by atoms with Gasteiger partial charge in [0.15, 0.2) is 12.4 Å². The molecule has 2 aliphatic carbocycles. The molecule has 0 aliphatic heterocycles. The summed E-state index contributed by atoms with van der Waals surface area (Å²) in [7, 11) is 0. The number of nitrogens with zero attached hydrogens (tertiary/aromatic N) is 4. The Kier molecular flexibility index (Phi) is 5.72. The van der Waals surface area contributed by atoms with E-state index in [2.05, 4.69) is 15.0 Å². The zero-order valence-corrected chi connectivity index (χ0v) is 20.3. The fourth-order valence-electron chi connectivity index (χ4n) is 4.98. The number of carbonyl (C=O) groups is 1. The van der Waals surface area contributed by atoms with E-state index in [1.807, 2.05) is 18.2 Å². The molecule has 4 aromatic rings. The smallest absolute Gasteiger partial charge is 0.306 e. The molecule has 0 saturated heterocycles. The van der Waals surface area contributed by atoms with E-state index >= 15 is 0 Å². The van der Waals surface area contributed by atoms with E-state index < -0.39 is 0 Å². The Hall–Kier alpha value is -3.33. The maximum atomic E-state index is 13.0. The van der Waals surface area contributed by atoms with Gasteiger partial charge in [0.1, 0.15) is 16.5 Å². The zero-order chi connectivity index (χ0) is 23.9. The third-order valence-corrected chi connectivity index (χ3v) is 8.03. The third kappa shape index (κ3) is 4.29. The number of nitrogens with two attached hydrogens (primary N) is 1. The minimum absolute atomic E-state index is 0.0257. The molecule has 1 saturated carbocycles. The number of esters is 1. The molecular weight excluding hydrogens is 462 g/mol. The first-order valence-electron chi connectivity index (χ1n) is 12.3. The molecule has 3 heterocycles. The lowest BCUT2D eigenvalue weighted by Gasteiger charge is -2.12. The predicted octanol–water partition coefficient (Wildman–Crippen LogP) is 4.26. The van der Waals surface area contributed by atoms with Gasteiger partial charge in [0.25, 0.3) is 5.56 Å². The van der Waals surface area contributed by atoms with Crippen molar-refractivity contribution in [3.63, 3.8) is 0 Å². The second-order valence-corrected chi connectivity index (χ2v) is 10.5. The molecule has 180 valence electrons. The highest BCUT2D eigenvalue weighted by Gasteiger charge is 2.28. The van der Waals surface area contributed by atoms with Crippen LogP contribution in [0.25, 0.3) is 21.1 Å². The summed E-state index contributed by atoms with van der Waals surface area (Å²) in [6.45, 7) is -0.0257. The number of fused-ring (bicyclic) bond motifs is 4. The number of hydrogen-bond acceptors (Lipinski definition) is 8. The summed E-state index contributed by atoms with van der Waals surface area (Å²) in [4.78, 5) is 41.6. The summed E-state index contributed by atoms with van der Waals surface area (Å²) in [5, 5.41) is 1.59. The Balaban J connectivity index is 1.16. The van der Waals surface area contributed by atoms with Crippen molar-refractivity contribution in [2.75, 3.05) is 5.73 Å². The second kappa shape index (κ2) is 9.03. The number of aryl methyl sites for hydroxylation is 3. The average Bonchev–Trinajstić information content (AvgIpc) is 3.66. The van der Waals surface area contributed by atoms with Crippen LogP contribution in [0.5, 0.6) is 0 Å². The molecule has 35 heavy (non-hydrogen) atoms. The first-order chi connectivity index (χ1) is 17.1. The quantitative estimate of drug-likeness (QED) is 0.318. The lowest BCUT2D eigenvalue weighted by Crippen LogP contribution is -2.25. The van der Waals surface area contributed by atoms with Crippen LogP contribution in [0.4, 0.5) is 5.82 Å². The highest BCUT2D eigenvalue weighted by atomic mass is 32.1. The van der Waals surface area contributed by atoms with E-state index in [1.165, 1.54) is 23.3 Å². The van der Waals surface area contributed by atoms with E-state index in [-0.39, 0.29) is 30.6 Å². The molecule has 9 heteroatoms. The molecule has 3 aromatic heterocycles. The number of aromatic nitrogens is 4. The van der Waals surface area contributed by atoms with E-state index in [1.54, 1.807) is 22.0 Å². The predicted molar refractivity (Wildman–Crippen MR) is 135 cm³/mol. The van der Waals surface area contributed by atoms with Gasteiger partial charge in [-0.1, -0.05) is 18.6 Å². The van der Waals surface area contributed by atoms with Crippen LogP contribution < -0.4 is 11.3 Å². The number of ether oxygens (including phenoxy) is 1. The SMILES string of the molecule is Nc1nc(COC(=O)CCc2nc3ccccc3c(=O)n2C2CC2)nc2sc3c(c12)CCCCC3.